The second-order valence-corrected chi connectivity index (χ2v) is 11.6. The molecule has 2 nitrogen and oxygen atoms in total. The minimum absolute atomic E-state index is 0.847. The summed E-state index contributed by atoms with van der Waals surface area (Å²) < 4.78 is 2.89. The van der Waals surface area contributed by atoms with Crippen LogP contribution in [0.1, 0.15) is 158 Å². The summed E-state index contributed by atoms with van der Waals surface area (Å²) in [5, 5.41) is 0. The van der Waals surface area contributed by atoms with E-state index in [-0.39, 0.29) is 0 Å². The van der Waals surface area contributed by atoms with Crippen molar-refractivity contribution in [3.63, 3.8) is 0 Å². The first-order chi connectivity index (χ1) is 16.5. The van der Waals surface area contributed by atoms with Gasteiger partial charge in [-0.05, 0) is 38.5 Å². The van der Waals surface area contributed by atoms with Gasteiger partial charge in [0, 0.05) is 12.8 Å². The summed E-state index contributed by atoms with van der Waals surface area (Å²) in [5.41, 5.74) is 0. The van der Waals surface area contributed by atoms with Crippen LogP contribution in [-0.4, -0.2) is 60.3 Å². The number of rotatable bonds is 25. The predicted octanol–water partition coefficient (Wildman–Crippen LogP) is 9.76. The molecule has 34 heavy (non-hydrogen) atoms. The van der Waals surface area contributed by atoms with Crippen LogP contribution in [0.2, 0.25) is 0 Å². The van der Waals surface area contributed by atoms with Gasteiger partial charge < -0.3 is 8.97 Å². The standard InChI is InChI=1S/C32H70N2/c1-9-17-25-33(26-18-10-2,27-19-11-3)31(23-15-7)32(24-16-8)34(28-20-12-4,29-21-13-5)30-22-14-6/h31-32H,9-30H2,1-8H3/q+2. The van der Waals surface area contributed by atoms with Crippen molar-refractivity contribution >= 4 is 0 Å². The van der Waals surface area contributed by atoms with E-state index in [1.54, 1.807) is 0 Å². The molecule has 0 aliphatic carbocycles. The first kappa shape index (κ1) is 33.9. The topological polar surface area (TPSA) is 0 Å². The molecule has 0 N–H and O–H groups in total. The zero-order valence-corrected chi connectivity index (χ0v) is 25.6. The Balaban J connectivity index is 6.73. The molecule has 0 aliphatic rings. The summed E-state index contributed by atoms with van der Waals surface area (Å²) in [6.45, 7) is 28.0. The minimum atomic E-state index is 0.847. The van der Waals surface area contributed by atoms with Crippen molar-refractivity contribution in [2.24, 2.45) is 0 Å². The fourth-order valence-electron chi connectivity index (χ4n) is 6.76. The van der Waals surface area contributed by atoms with Gasteiger partial charge in [-0.2, -0.15) is 0 Å². The van der Waals surface area contributed by atoms with E-state index in [0.717, 1.165) is 12.1 Å². The number of hydrogen-bond acceptors (Lipinski definition) is 0. The molecule has 2 atom stereocenters. The van der Waals surface area contributed by atoms with Crippen molar-refractivity contribution in [3.05, 3.63) is 0 Å². The second-order valence-electron chi connectivity index (χ2n) is 11.6. The summed E-state index contributed by atoms with van der Waals surface area (Å²) in [6, 6.07) is 1.69. The van der Waals surface area contributed by atoms with Crippen LogP contribution in [0.15, 0.2) is 0 Å². The van der Waals surface area contributed by atoms with Crippen LogP contribution in [0.5, 0.6) is 0 Å². The van der Waals surface area contributed by atoms with E-state index in [2.05, 4.69) is 55.4 Å². The third-order valence-corrected chi connectivity index (χ3v) is 8.76. The zero-order valence-electron chi connectivity index (χ0n) is 25.6. The van der Waals surface area contributed by atoms with E-state index < -0.39 is 0 Å². The minimum Gasteiger partial charge on any atom is -0.316 e. The molecule has 0 rings (SSSR count). The lowest BCUT2D eigenvalue weighted by Crippen LogP contribution is -2.70. The average Bonchev–Trinajstić information content (AvgIpc) is 2.86. The van der Waals surface area contributed by atoms with Crippen LogP contribution in [0.3, 0.4) is 0 Å². The van der Waals surface area contributed by atoms with E-state index >= 15 is 0 Å². The molecule has 0 amide bonds. The van der Waals surface area contributed by atoms with Crippen LogP contribution in [0.25, 0.3) is 0 Å². The van der Waals surface area contributed by atoms with Crippen LogP contribution in [-0.2, 0) is 0 Å². The van der Waals surface area contributed by atoms with E-state index in [1.807, 2.05) is 0 Å². The first-order valence-electron chi connectivity index (χ1n) is 16.2. The third kappa shape index (κ3) is 11.3. The summed E-state index contributed by atoms with van der Waals surface area (Å²) in [7, 11) is 0. The Kier molecular flexibility index (Phi) is 21.0. The average molecular weight is 483 g/mol. The maximum atomic E-state index is 2.48. The molecule has 0 saturated carbocycles. The lowest BCUT2D eigenvalue weighted by atomic mass is 9.88. The van der Waals surface area contributed by atoms with E-state index in [1.165, 1.54) is 151 Å². The molecular formula is C32H70N2+2. The van der Waals surface area contributed by atoms with Gasteiger partial charge in [-0.15, -0.1) is 0 Å². The van der Waals surface area contributed by atoms with Gasteiger partial charge in [0.1, 0.15) is 12.1 Å². The van der Waals surface area contributed by atoms with Crippen LogP contribution in [0.4, 0.5) is 0 Å². The Morgan fingerprint density at radius 3 is 0.676 bits per heavy atom. The molecular weight excluding hydrogens is 412 g/mol. The number of quaternary nitrogens is 2. The fourth-order valence-corrected chi connectivity index (χ4v) is 6.76. The Bertz CT molecular complexity index is 349. The van der Waals surface area contributed by atoms with Gasteiger partial charge in [-0.25, -0.2) is 0 Å². The van der Waals surface area contributed by atoms with Gasteiger partial charge in [-0.1, -0.05) is 107 Å². The highest BCUT2D eigenvalue weighted by molar-refractivity contribution is 4.76. The van der Waals surface area contributed by atoms with E-state index in [0.29, 0.717) is 0 Å². The van der Waals surface area contributed by atoms with Gasteiger partial charge in [-0.3, -0.25) is 0 Å². The third-order valence-electron chi connectivity index (χ3n) is 8.76. The summed E-state index contributed by atoms with van der Waals surface area (Å²) in [6.07, 6.45) is 22.1. The number of unbranched alkanes of at least 4 members (excludes halogenated alkanes) is 6. The molecule has 0 radical (unpaired) electrons. The van der Waals surface area contributed by atoms with Crippen molar-refractivity contribution in [1.82, 2.24) is 0 Å². The largest absolute Gasteiger partial charge is 0.316 e. The Hall–Kier alpha value is -0.0800. The fraction of sp³-hybridized carbons (Fsp3) is 1.00. The molecule has 0 bridgehead atoms. The molecule has 0 spiro atoms. The monoisotopic (exact) mass is 483 g/mol. The highest BCUT2D eigenvalue weighted by Gasteiger charge is 2.49. The highest BCUT2D eigenvalue weighted by Crippen LogP contribution is 2.35. The van der Waals surface area contributed by atoms with Gasteiger partial charge in [0.15, 0.2) is 0 Å². The molecule has 0 saturated heterocycles. The molecule has 206 valence electrons. The molecule has 0 aromatic heterocycles. The summed E-state index contributed by atoms with van der Waals surface area (Å²) in [5.74, 6) is 0. The zero-order chi connectivity index (χ0) is 25.7. The first-order valence-corrected chi connectivity index (χ1v) is 16.2. The lowest BCUT2D eigenvalue weighted by Gasteiger charge is -2.55. The van der Waals surface area contributed by atoms with Gasteiger partial charge in [0.05, 0.1) is 39.3 Å². The normalized spacial score (nSPS) is 14.5. The SMILES string of the molecule is CCCC[N+](CCCC)(CCCC)C(CCC)C(CCC)[N+](CCCC)(CCCC)CCCC. The van der Waals surface area contributed by atoms with Crippen molar-refractivity contribution in [1.29, 1.82) is 0 Å². The van der Waals surface area contributed by atoms with Crippen LogP contribution < -0.4 is 0 Å². The van der Waals surface area contributed by atoms with Gasteiger partial charge >= 0.3 is 0 Å². The Labute approximate surface area is 218 Å². The van der Waals surface area contributed by atoms with Crippen molar-refractivity contribution < 1.29 is 8.97 Å². The van der Waals surface area contributed by atoms with Gasteiger partial charge in [0.25, 0.3) is 0 Å². The van der Waals surface area contributed by atoms with Crippen molar-refractivity contribution in [2.75, 3.05) is 39.3 Å². The Morgan fingerprint density at radius 1 is 0.324 bits per heavy atom. The maximum Gasteiger partial charge on any atom is 0.141 e. The predicted molar refractivity (Wildman–Crippen MR) is 157 cm³/mol. The van der Waals surface area contributed by atoms with Crippen molar-refractivity contribution in [2.45, 2.75) is 170 Å². The summed E-state index contributed by atoms with van der Waals surface area (Å²) >= 11 is 0. The summed E-state index contributed by atoms with van der Waals surface area (Å²) in [4.78, 5) is 0. The molecule has 0 heterocycles. The number of hydrogen-bond donors (Lipinski definition) is 0. The Morgan fingerprint density at radius 2 is 0.529 bits per heavy atom. The molecule has 0 aromatic rings. The number of nitrogens with zero attached hydrogens (tertiary/aromatic N) is 2. The molecule has 0 fully saturated rings. The molecule has 2 heteroatoms. The van der Waals surface area contributed by atoms with Crippen LogP contribution >= 0.6 is 0 Å². The quantitative estimate of drug-likeness (QED) is 0.114. The van der Waals surface area contributed by atoms with Crippen molar-refractivity contribution in [3.8, 4) is 0 Å². The van der Waals surface area contributed by atoms with E-state index in [9.17, 15) is 0 Å². The second kappa shape index (κ2) is 21.0. The maximum absolute atomic E-state index is 2.48. The van der Waals surface area contributed by atoms with Gasteiger partial charge in [0.2, 0.25) is 0 Å². The highest BCUT2D eigenvalue weighted by atomic mass is 15.5. The lowest BCUT2D eigenvalue weighted by molar-refractivity contribution is -1.02. The molecule has 2 unspecified atom stereocenters. The molecule has 0 aliphatic heterocycles. The van der Waals surface area contributed by atoms with E-state index in [4.69, 9.17) is 0 Å². The molecule has 0 aromatic carbocycles. The van der Waals surface area contributed by atoms with Crippen LogP contribution in [0, 0.1) is 0 Å². The smallest absolute Gasteiger partial charge is 0.141 e.